The number of rotatable bonds is 7. The summed E-state index contributed by atoms with van der Waals surface area (Å²) in [6.45, 7) is 5.02. The predicted octanol–water partition coefficient (Wildman–Crippen LogP) is 4.77. The van der Waals surface area contributed by atoms with Gasteiger partial charge in [0.15, 0.2) is 5.69 Å². The van der Waals surface area contributed by atoms with Crippen molar-refractivity contribution in [1.82, 2.24) is 14.7 Å². The van der Waals surface area contributed by atoms with Gasteiger partial charge in [0.1, 0.15) is 0 Å². The van der Waals surface area contributed by atoms with Crippen LogP contribution < -0.4 is 5.56 Å². The van der Waals surface area contributed by atoms with E-state index in [9.17, 15) is 9.59 Å². The minimum Gasteiger partial charge on any atom is -0.331 e. The summed E-state index contributed by atoms with van der Waals surface area (Å²) < 4.78 is 1.53. The molecule has 0 radical (unpaired) electrons. The maximum Gasteiger partial charge on any atom is 0.275 e. The molecule has 0 bridgehead atoms. The molecule has 0 aliphatic heterocycles. The average molecular weight is 396 g/mol. The summed E-state index contributed by atoms with van der Waals surface area (Å²) in [5.74, 6) is 0.773. The molecule has 1 heterocycles. The van der Waals surface area contributed by atoms with Gasteiger partial charge in [0.25, 0.3) is 11.5 Å². The number of aryl methyl sites for hydroxylation is 1. The van der Waals surface area contributed by atoms with Crippen LogP contribution in [0.3, 0.4) is 0 Å². The Morgan fingerprint density at radius 2 is 1.66 bits per heavy atom. The molecule has 1 amide bonds. The van der Waals surface area contributed by atoms with E-state index in [1.54, 1.807) is 0 Å². The van der Waals surface area contributed by atoms with E-state index in [-0.39, 0.29) is 11.5 Å². The zero-order valence-electron chi connectivity index (χ0n) is 17.8. The topological polar surface area (TPSA) is 55.2 Å². The molecule has 5 nitrogen and oxygen atoms in total. The fourth-order valence-corrected chi connectivity index (χ4v) is 4.68. The summed E-state index contributed by atoms with van der Waals surface area (Å²) in [5, 5.41) is 5.93. The highest BCUT2D eigenvalue weighted by Gasteiger charge is 2.40. The van der Waals surface area contributed by atoms with Crippen molar-refractivity contribution < 1.29 is 4.79 Å². The number of carbonyl (C=O) groups is 1. The minimum absolute atomic E-state index is 0.0208. The van der Waals surface area contributed by atoms with Gasteiger partial charge in [-0.05, 0) is 56.9 Å². The number of unbranched alkanes of at least 4 members (excludes halogenated alkanes) is 2. The summed E-state index contributed by atoms with van der Waals surface area (Å²) in [5.41, 5.74) is 0.375. The van der Waals surface area contributed by atoms with E-state index in [0.717, 1.165) is 50.9 Å². The molecular weight excluding hydrogens is 362 g/mol. The van der Waals surface area contributed by atoms with Gasteiger partial charge in [-0.25, -0.2) is 4.68 Å². The molecule has 1 aromatic carbocycles. The van der Waals surface area contributed by atoms with Gasteiger partial charge in [0.05, 0.1) is 5.39 Å². The molecule has 0 atom stereocenters. The van der Waals surface area contributed by atoms with Crippen molar-refractivity contribution >= 4 is 16.7 Å². The first-order valence-corrected chi connectivity index (χ1v) is 11.4. The van der Waals surface area contributed by atoms with E-state index in [1.165, 1.54) is 17.5 Å². The fourth-order valence-electron chi connectivity index (χ4n) is 4.68. The predicted molar refractivity (Wildman–Crippen MR) is 116 cm³/mol. The largest absolute Gasteiger partial charge is 0.331 e. The molecule has 0 spiro atoms. The van der Waals surface area contributed by atoms with Crippen molar-refractivity contribution in [1.29, 1.82) is 0 Å². The molecule has 5 heteroatoms. The number of nitrogens with zero attached hydrogens (tertiary/aromatic N) is 3. The van der Waals surface area contributed by atoms with Crippen LogP contribution in [0.15, 0.2) is 29.1 Å². The SMILES string of the molecule is CCCCCn1nc(C(=O)N(C2CCC(C)CC2)C2CC2)c2ccccc2c1=O. The highest BCUT2D eigenvalue weighted by atomic mass is 16.2. The molecular formula is C24H33N3O2. The molecule has 156 valence electrons. The first-order valence-electron chi connectivity index (χ1n) is 11.4. The van der Waals surface area contributed by atoms with Gasteiger partial charge in [0, 0.05) is 24.0 Å². The lowest BCUT2D eigenvalue weighted by atomic mass is 9.86. The highest BCUT2D eigenvalue weighted by molar-refractivity contribution is 6.05. The Morgan fingerprint density at radius 3 is 2.28 bits per heavy atom. The number of hydrogen-bond donors (Lipinski definition) is 0. The fraction of sp³-hybridized carbons (Fsp3) is 0.625. The number of benzene rings is 1. The van der Waals surface area contributed by atoms with Crippen LogP contribution in [-0.2, 0) is 6.54 Å². The molecule has 0 saturated heterocycles. The number of fused-ring (bicyclic) bond motifs is 1. The van der Waals surface area contributed by atoms with E-state index in [2.05, 4.69) is 23.8 Å². The third-order valence-electron chi connectivity index (χ3n) is 6.60. The molecule has 2 saturated carbocycles. The zero-order chi connectivity index (χ0) is 20.4. The van der Waals surface area contributed by atoms with Gasteiger partial charge >= 0.3 is 0 Å². The summed E-state index contributed by atoms with van der Waals surface area (Å²) in [4.78, 5) is 28.8. The van der Waals surface area contributed by atoms with Crippen LogP contribution in [0.4, 0.5) is 0 Å². The number of hydrogen-bond acceptors (Lipinski definition) is 3. The van der Waals surface area contributed by atoms with E-state index in [1.807, 2.05) is 24.3 Å². The highest BCUT2D eigenvalue weighted by Crippen LogP contribution is 2.36. The van der Waals surface area contributed by atoms with Gasteiger partial charge in [-0.1, -0.05) is 44.9 Å². The molecule has 29 heavy (non-hydrogen) atoms. The summed E-state index contributed by atoms with van der Waals surface area (Å²) in [7, 11) is 0. The van der Waals surface area contributed by atoms with Crippen molar-refractivity contribution in [2.75, 3.05) is 0 Å². The monoisotopic (exact) mass is 395 g/mol. The van der Waals surface area contributed by atoms with E-state index in [0.29, 0.717) is 35.1 Å². The number of aromatic nitrogens is 2. The lowest BCUT2D eigenvalue weighted by Gasteiger charge is -2.36. The van der Waals surface area contributed by atoms with E-state index in [4.69, 9.17) is 0 Å². The zero-order valence-corrected chi connectivity index (χ0v) is 17.8. The number of amides is 1. The maximum absolute atomic E-state index is 13.8. The Balaban J connectivity index is 1.71. The Kier molecular flexibility index (Phi) is 6.02. The van der Waals surface area contributed by atoms with Crippen LogP contribution >= 0.6 is 0 Å². The smallest absolute Gasteiger partial charge is 0.275 e. The van der Waals surface area contributed by atoms with Crippen molar-refractivity contribution in [3.05, 3.63) is 40.3 Å². The summed E-state index contributed by atoms with van der Waals surface area (Å²) >= 11 is 0. The maximum atomic E-state index is 13.8. The number of carbonyl (C=O) groups excluding carboxylic acids is 1. The standard InChI is InChI=1S/C24H33N3O2/c1-3-4-7-16-26-23(28)21-9-6-5-8-20(21)22(25-26)24(29)27(19-14-15-19)18-12-10-17(2)11-13-18/h5-6,8-9,17-19H,3-4,7,10-16H2,1-2H3. The van der Waals surface area contributed by atoms with Crippen LogP contribution in [0, 0.1) is 5.92 Å². The normalized spacial score (nSPS) is 22.0. The first kappa shape index (κ1) is 20.1. The molecule has 2 fully saturated rings. The Labute approximate surface area is 173 Å². The molecule has 2 aliphatic rings. The lowest BCUT2D eigenvalue weighted by Crippen LogP contribution is -2.44. The van der Waals surface area contributed by atoms with Crippen LogP contribution in [0.1, 0.15) is 82.1 Å². The van der Waals surface area contributed by atoms with Crippen molar-refractivity contribution in [3.8, 4) is 0 Å². The molecule has 0 N–H and O–H groups in total. The third-order valence-corrected chi connectivity index (χ3v) is 6.60. The Hall–Kier alpha value is -2.17. The van der Waals surface area contributed by atoms with Crippen LogP contribution in [0.5, 0.6) is 0 Å². The molecule has 0 unspecified atom stereocenters. The third kappa shape index (κ3) is 4.24. The Bertz CT molecular complexity index is 923. The van der Waals surface area contributed by atoms with Crippen molar-refractivity contribution in [2.45, 2.75) is 90.3 Å². The van der Waals surface area contributed by atoms with Gasteiger partial charge in [-0.3, -0.25) is 9.59 Å². The molecule has 2 aromatic rings. The Morgan fingerprint density at radius 1 is 1.03 bits per heavy atom. The quantitative estimate of drug-likeness (QED) is 0.635. The van der Waals surface area contributed by atoms with Gasteiger partial charge < -0.3 is 4.90 Å². The second-order valence-corrected chi connectivity index (χ2v) is 8.99. The van der Waals surface area contributed by atoms with Crippen molar-refractivity contribution in [2.24, 2.45) is 5.92 Å². The van der Waals surface area contributed by atoms with Gasteiger partial charge in [0.2, 0.25) is 0 Å². The second-order valence-electron chi connectivity index (χ2n) is 8.99. The average Bonchev–Trinajstić information content (AvgIpc) is 3.56. The van der Waals surface area contributed by atoms with Crippen molar-refractivity contribution in [3.63, 3.8) is 0 Å². The molecule has 1 aromatic heterocycles. The van der Waals surface area contributed by atoms with E-state index < -0.39 is 0 Å². The molecule has 2 aliphatic carbocycles. The van der Waals surface area contributed by atoms with Gasteiger partial charge in [-0.2, -0.15) is 5.10 Å². The van der Waals surface area contributed by atoms with Gasteiger partial charge in [-0.15, -0.1) is 0 Å². The lowest BCUT2D eigenvalue weighted by molar-refractivity contribution is 0.0586. The molecule has 4 rings (SSSR count). The summed E-state index contributed by atoms with van der Waals surface area (Å²) in [6.07, 6.45) is 9.76. The van der Waals surface area contributed by atoms with Crippen LogP contribution in [-0.4, -0.2) is 32.7 Å². The minimum atomic E-state index is -0.0854. The van der Waals surface area contributed by atoms with Crippen LogP contribution in [0.25, 0.3) is 10.8 Å². The second kappa shape index (κ2) is 8.68. The first-order chi connectivity index (χ1) is 14.1. The van der Waals surface area contributed by atoms with Crippen LogP contribution in [0.2, 0.25) is 0 Å². The van der Waals surface area contributed by atoms with E-state index >= 15 is 0 Å². The summed E-state index contributed by atoms with van der Waals surface area (Å²) in [6, 6.07) is 8.13.